The van der Waals surface area contributed by atoms with Crippen molar-refractivity contribution in [1.29, 1.82) is 0 Å². The molecule has 0 aliphatic carbocycles. The first-order valence-corrected chi connectivity index (χ1v) is 6.34. The zero-order chi connectivity index (χ0) is 14.0. The van der Waals surface area contributed by atoms with Gasteiger partial charge in [-0.25, -0.2) is 4.39 Å². The number of rotatable bonds is 4. The fourth-order valence-corrected chi connectivity index (χ4v) is 2.28. The molecule has 1 atom stereocenters. The maximum Gasteiger partial charge on any atom is 0.141 e. The molecular weight excluding hydrogens is 243 g/mol. The highest BCUT2D eigenvalue weighted by molar-refractivity contribution is 5.25. The number of hydrogen-bond donors (Lipinski definition) is 1. The van der Waals surface area contributed by atoms with Crippen LogP contribution in [0.4, 0.5) is 4.39 Å². The van der Waals surface area contributed by atoms with Crippen LogP contribution in [0.5, 0.6) is 0 Å². The molecule has 0 aliphatic heterocycles. The Kier molecular flexibility index (Phi) is 3.95. The van der Waals surface area contributed by atoms with Crippen LogP contribution >= 0.6 is 0 Å². The lowest BCUT2D eigenvalue weighted by Crippen LogP contribution is -2.12. The maximum atomic E-state index is 13.1. The lowest BCUT2D eigenvalue weighted by molar-refractivity contribution is 0.600. The largest absolute Gasteiger partial charge is 0.324 e. The van der Waals surface area contributed by atoms with E-state index in [0.29, 0.717) is 0 Å². The zero-order valence-electron chi connectivity index (χ0n) is 11.5. The standard InChI is InChI=1S/C14H19FN4/c1-9-13(10(2)19(3)18-9)4-5-14(16)11-6-12(15)8-17-7-11/h6-8,14H,4-5,16H2,1-3H3. The molecule has 0 amide bonds. The van der Waals surface area contributed by atoms with Gasteiger partial charge in [0.05, 0.1) is 11.9 Å². The van der Waals surface area contributed by atoms with Gasteiger partial charge in [-0.2, -0.15) is 5.10 Å². The van der Waals surface area contributed by atoms with E-state index in [-0.39, 0.29) is 11.9 Å². The molecule has 5 heteroatoms. The first kappa shape index (κ1) is 13.7. The van der Waals surface area contributed by atoms with Crippen LogP contribution in [0.1, 0.15) is 35.0 Å². The predicted octanol–water partition coefficient (Wildman–Crippen LogP) is 2.20. The Morgan fingerprint density at radius 1 is 1.37 bits per heavy atom. The monoisotopic (exact) mass is 262 g/mol. The van der Waals surface area contributed by atoms with E-state index >= 15 is 0 Å². The lowest BCUT2D eigenvalue weighted by atomic mass is 10.00. The highest BCUT2D eigenvalue weighted by Gasteiger charge is 2.13. The normalized spacial score (nSPS) is 12.7. The van der Waals surface area contributed by atoms with Gasteiger partial charge in [0.15, 0.2) is 0 Å². The van der Waals surface area contributed by atoms with Crippen molar-refractivity contribution < 1.29 is 4.39 Å². The van der Waals surface area contributed by atoms with Crippen LogP contribution in [0.2, 0.25) is 0 Å². The lowest BCUT2D eigenvalue weighted by Gasteiger charge is -2.11. The zero-order valence-corrected chi connectivity index (χ0v) is 11.5. The first-order valence-electron chi connectivity index (χ1n) is 6.34. The molecule has 1 unspecified atom stereocenters. The summed E-state index contributed by atoms with van der Waals surface area (Å²) >= 11 is 0. The van der Waals surface area contributed by atoms with Gasteiger partial charge < -0.3 is 5.73 Å². The van der Waals surface area contributed by atoms with Crippen LogP contribution in [-0.4, -0.2) is 14.8 Å². The van der Waals surface area contributed by atoms with E-state index in [1.54, 1.807) is 6.20 Å². The molecule has 2 rings (SSSR count). The quantitative estimate of drug-likeness (QED) is 0.919. The summed E-state index contributed by atoms with van der Waals surface area (Å²) in [6.07, 6.45) is 4.39. The van der Waals surface area contributed by atoms with E-state index < -0.39 is 0 Å². The fraction of sp³-hybridized carbons (Fsp3) is 0.429. The molecule has 19 heavy (non-hydrogen) atoms. The van der Waals surface area contributed by atoms with Gasteiger partial charge in [0.25, 0.3) is 0 Å². The number of aryl methyl sites for hydroxylation is 2. The Morgan fingerprint density at radius 2 is 2.11 bits per heavy atom. The van der Waals surface area contributed by atoms with Gasteiger partial charge in [0, 0.05) is 25.0 Å². The first-order chi connectivity index (χ1) is 8.99. The average Bonchev–Trinajstić information content (AvgIpc) is 2.61. The van der Waals surface area contributed by atoms with Crippen molar-refractivity contribution in [2.24, 2.45) is 12.8 Å². The Morgan fingerprint density at radius 3 is 2.68 bits per heavy atom. The van der Waals surface area contributed by atoms with E-state index in [2.05, 4.69) is 10.1 Å². The summed E-state index contributed by atoms with van der Waals surface area (Å²) in [5, 5.41) is 4.38. The van der Waals surface area contributed by atoms with Crippen molar-refractivity contribution in [3.63, 3.8) is 0 Å². The van der Waals surface area contributed by atoms with Gasteiger partial charge in [-0.1, -0.05) is 0 Å². The molecule has 2 heterocycles. The summed E-state index contributed by atoms with van der Waals surface area (Å²) in [5.41, 5.74) is 10.2. The molecule has 0 saturated heterocycles. The summed E-state index contributed by atoms with van der Waals surface area (Å²) in [6.45, 7) is 4.04. The van der Waals surface area contributed by atoms with E-state index in [1.165, 1.54) is 17.8 Å². The molecule has 0 radical (unpaired) electrons. The third kappa shape index (κ3) is 2.98. The average molecular weight is 262 g/mol. The minimum atomic E-state index is -0.346. The number of aromatic nitrogens is 3. The van der Waals surface area contributed by atoms with E-state index in [4.69, 9.17) is 5.73 Å². The van der Waals surface area contributed by atoms with Crippen molar-refractivity contribution in [3.8, 4) is 0 Å². The molecule has 0 saturated carbocycles. The molecule has 0 fully saturated rings. The minimum absolute atomic E-state index is 0.206. The van der Waals surface area contributed by atoms with Crippen molar-refractivity contribution in [2.75, 3.05) is 0 Å². The smallest absolute Gasteiger partial charge is 0.141 e. The molecule has 4 nitrogen and oxygen atoms in total. The molecule has 2 aromatic heterocycles. The van der Waals surface area contributed by atoms with Gasteiger partial charge >= 0.3 is 0 Å². The fourth-order valence-electron chi connectivity index (χ4n) is 2.28. The molecule has 0 aliphatic rings. The molecule has 0 bridgehead atoms. The second-order valence-corrected chi connectivity index (χ2v) is 4.85. The maximum absolute atomic E-state index is 13.1. The van der Waals surface area contributed by atoms with Crippen LogP contribution in [0, 0.1) is 19.7 Å². The summed E-state index contributed by atoms with van der Waals surface area (Å²) in [5.74, 6) is -0.346. The molecule has 0 aromatic carbocycles. The topological polar surface area (TPSA) is 56.7 Å². The Labute approximate surface area is 112 Å². The van der Waals surface area contributed by atoms with Crippen LogP contribution in [0.25, 0.3) is 0 Å². The second-order valence-electron chi connectivity index (χ2n) is 4.85. The number of hydrogen-bond acceptors (Lipinski definition) is 3. The third-order valence-electron chi connectivity index (χ3n) is 3.52. The van der Waals surface area contributed by atoms with Crippen molar-refractivity contribution in [2.45, 2.75) is 32.7 Å². The summed E-state index contributed by atoms with van der Waals surface area (Å²) in [4.78, 5) is 3.83. The van der Waals surface area contributed by atoms with E-state index in [0.717, 1.165) is 29.8 Å². The molecule has 102 valence electrons. The Bertz CT molecular complexity index is 577. The van der Waals surface area contributed by atoms with Crippen molar-refractivity contribution in [1.82, 2.24) is 14.8 Å². The van der Waals surface area contributed by atoms with E-state index in [1.807, 2.05) is 25.6 Å². The molecular formula is C14H19FN4. The van der Waals surface area contributed by atoms with Crippen LogP contribution in [0.15, 0.2) is 18.5 Å². The predicted molar refractivity (Wildman–Crippen MR) is 72.1 cm³/mol. The van der Waals surface area contributed by atoms with Gasteiger partial charge in [0.1, 0.15) is 5.82 Å². The van der Waals surface area contributed by atoms with Crippen molar-refractivity contribution >= 4 is 0 Å². The molecule has 2 N–H and O–H groups in total. The van der Waals surface area contributed by atoms with E-state index in [9.17, 15) is 4.39 Å². The summed E-state index contributed by atoms with van der Waals surface area (Å²) in [6, 6.07) is 1.24. The minimum Gasteiger partial charge on any atom is -0.324 e. The van der Waals surface area contributed by atoms with Crippen molar-refractivity contribution in [3.05, 3.63) is 46.8 Å². The van der Waals surface area contributed by atoms with Gasteiger partial charge in [-0.05, 0) is 43.9 Å². The number of pyridine rings is 1. The molecule has 0 spiro atoms. The van der Waals surface area contributed by atoms with Gasteiger partial charge in [0.2, 0.25) is 0 Å². The summed E-state index contributed by atoms with van der Waals surface area (Å²) < 4.78 is 15.0. The Hall–Kier alpha value is -1.75. The van der Waals surface area contributed by atoms with Crippen LogP contribution in [-0.2, 0) is 13.5 Å². The van der Waals surface area contributed by atoms with Gasteiger partial charge in [-0.15, -0.1) is 0 Å². The SMILES string of the molecule is Cc1nn(C)c(C)c1CCC(N)c1cncc(F)c1. The van der Waals surface area contributed by atoms with Gasteiger partial charge in [-0.3, -0.25) is 9.67 Å². The van der Waals surface area contributed by atoms with Crippen LogP contribution in [0.3, 0.4) is 0 Å². The Balaban J connectivity index is 2.06. The second kappa shape index (κ2) is 5.48. The third-order valence-corrected chi connectivity index (χ3v) is 3.52. The molecule has 2 aromatic rings. The van der Waals surface area contributed by atoms with Crippen LogP contribution < -0.4 is 5.73 Å². The highest BCUT2D eigenvalue weighted by atomic mass is 19.1. The highest BCUT2D eigenvalue weighted by Crippen LogP contribution is 2.20. The number of halogens is 1. The summed E-state index contributed by atoms with van der Waals surface area (Å²) in [7, 11) is 1.93. The number of nitrogens with zero attached hydrogens (tertiary/aromatic N) is 3. The number of nitrogens with two attached hydrogens (primary N) is 1.